The maximum absolute atomic E-state index is 13.2. The van der Waals surface area contributed by atoms with Gasteiger partial charge in [-0.1, -0.05) is 18.7 Å². The highest BCUT2D eigenvalue weighted by atomic mass is 32.2. The van der Waals surface area contributed by atoms with E-state index in [0.717, 1.165) is 57.1 Å². The second-order valence-corrected chi connectivity index (χ2v) is 8.66. The highest BCUT2D eigenvalue weighted by Gasteiger charge is 2.43. The van der Waals surface area contributed by atoms with Gasteiger partial charge in [-0.15, -0.1) is 0 Å². The van der Waals surface area contributed by atoms with E-state index in [2.05, 4.69) is 26.8 Å². The molecule has 2 saturated heterocycles. The van der Waals surface area contributed by atoms with Crippen LogP contribution in [0.25, 0.3) is 0 Å². The van der Waals surface area contributed by atoms with E-state index < -0.39 is 11.9 Å². The Morgan fingerprint density at radius 1 is 1.28 bits per heavy atom. The molecule has 0 radical (unpaired) electrons. The van der Waals surface area contributed by atoms with Crippen LogP contribution in [0.3, 0.4) is 0 Å². The molecular formula is C19H22F3N5OS. The first kappa shape index (κ1) is 20.2. The number of alkyl halides is 3. The average molecular weight is 425 g/mol. The van der Waals surface area contributed by atoms with Crippen molar-refractivity contribution in [3.63, 3.8) is 0 Å². The fourth-order valence-corrected chi connectivity index (χ4v) is 4.86. The van der Waals surface area contributed by atoms with Crippen LogP contribution in [0, 0.1) is 11.3 Å². The van der Waals surface area contributed by atoms with E-state index in [0.29, 0.717) is 11.7 Å². The van der Waals surface area contributed by atoms with Crippen molar-refractivity contribution in [3.05, 3.63) is 30.2 Å². The SMILES string of the molecule is CC1COCC12CCN(c1cnc(Sc3cccnc3C(F)(F)F)c(N)n1)CC2. The molecule has 2 aromatic heterocycles. The van der Waals surface area contributed by atoms with E-state index >= 15 is 0 Å². The molecule has 10 heteroatoms. The lowest BCUT2D eigenvalue weighted by molar-refractivity contribution is -0.143. The monoisotopic (exact) mass is 425 g/mol. The van der Waals surface area contributed by atoms with Gasteiger partial charge >= 0.3 is 6.18 Å². The summed E-state index contributed by atoms with van der Waals surface area (Å²) in [4.78, 5) is 14.2. The molecule has 0 bridgehead atoms. The first-order valence-corrected chi connectivity index (χ1v) is 10.3. The van der Waals surface area contributed by atoms with Gasteiger partial charge in [-0.05, 0) is 30.9 Å². The second kappa shape index (κ2) is 7.64. The minimum atomic E-state index is -4.55. The van der Waals surface area contributed by atoms with Gasteiger partial charge in [-0.3, -0.25) is 4.98 Å². The van der Waals surface area contributed by atoms with Crippen molar-refractivity contribution >= 4 is 23.4 Å². The maximum atomic E-state index is 13.2. The summed E-state index contributed by atoms with van der Waals surface area (Å²) in [6.07, 6.45) is 0.170. The summed E-state index contributed by atoms with van der Waals surface area (Å²) in [5.41, 5.74) is 5.31. The Morgan fingerprint density at radius 2 is 2.03 bits per heavy atom. The normalized spacial score (nSPS) is 21.7. The first-order chi connectivity index (χ1) is 13.8. The number of nitrogens with zero attached hydrogens (tertiary/aromatic N) is 4. The predicted molar refractivity (Wildman–Crippen MR) is 104 cm³/mol. The van der Waals surface area contributed by atoms with Gasteiger partial charge in [0.1, 0.15) is 10.8 Å². The van der Waals surface area contributed by atoms with Crippen LogP contribution in [-0.4, -0.2) is 41.3 Å². The number of hydrogen-bond acceptors (Lipinski definition) is 7. The molecule has 2 N–H and O–H groups in total. The molecule has 156 valence electrons. The summed E-state index contributed by atoms with van der Waals surface area (Å²) in [6, 6.07) is 2.80. The summed E-state index contributed by atoms with van der Waals surface area (Å²) >= 11 is 0.822. The van der Waals surface area contributed by atoms with Crippen LogP contribution in [0.5, 0.6) is 0 Å². The van der Waals surface area contributed by atoms with Crippen molar-refractivity contribution in [2.45, 2.75) is 35.9 Å². The van der Waals surface area contributed by atoms with Crippen LogP contribution in [0.4, 0.5) is 24.8 Å². The minimum absolute atomic E-state index is 0.0520. The minimum Gasteiger partial charge on any atom is -0.381 e. The predicted octanol–water partition coefficient (Wildman–Crippen LogP) is 3.88. The molecule has 2 aromatic rings. The molecule has 2 fully saturated rings. The summed E-state index contributed by atoms with van der Waals surface area (Å²) in [7, 11) is 0. The number of halogens is 3. The summed E-state index contributed by atoms with van der Waals surface area (Å²) < 4.78 is 45.1. The van der Waals surface area contributed by atoms with Crippen molar-refractivity contribution in [2.24, 2.45) is 11.3 Å². The number of anilines is 2. The number of aromatic nitrogens is 3. The third-order valence-corrected chi connectivity index (χ3v) is 6.94. The molecule has 2 aliphatic heterocycles. The highest BCUT2D eigenvalue weighted by Crippen LogP contribution is 2.44. The molecule has 4 rings (SSSR count). The molecule has 29 heavy (non-hydrogen) atoms. The smallest absolute Gasteiger partial charge is 0.381 e. The van der Waals surface area contributed by atoms with E-state index in [9.17, 15) is 13.2 Å². The molecule has 0 aliphatic carbocycles. The van der Waals surface area contributed by atoms with Crippen molar-refractivity contribution in [1.82, 2.24) is 15.0 Å². The molecule has 1 unspecified atom stereocenters. The highest BCUT2D eigenvalue weighted by molar-refractivity contribution is 7.99. The number of hydrogen-bond donors (Lipinski definition) is 1. The Morgan fingerprint density at radius 3 is 2.66 bits per heavy atom. The van der Waals surface area contributed by atoms with Gasteiger partial charge in [-0.2, -0.15) is 13.2 Å². The van der Waals surface area contributed by atoms with Crippen molar-refractivity contribution in [1.29, 1.82) is 0 Å². The molecular weight excluding hydrogens is 403 g/mol. The molecule has 0 aromatic carbocycles. The van der Waals surface area contributed by atoms with Crippen LogP contribution in [-0.2, 0) is 10.9 Å². The van der Waals surface area contributed by atoms with Crippen molar-refractivity contribution in [2.75, 3.05) is 36.9 Å². The zero-order valence-corrected chi connectivity index (χ0v) is 16.8. The Kier molecular flexibility index (Phi) is 5.32. The number of ether oxygens (including phenoxy) is 1. The molecule has 1 spiro atoms. The van der Waals surface area contributed by atoms with Crippen LogP contribution >= 0.6 is 11.8 Å². The average Bonchev–Trinajstić information content (AvgIpc) is 3.03. The number of piperidine rings is 1. The molecule has 1 atom stereocenters. The van der Waals surface area contributed by atoms with Crippen molar-refractivity contribution < 1.29 is 17.9 Å². The Balaban J connectivity index is 1.48. The quantitative estimate of drug-likeness (QED) is 0.800. The van der Waals surface area contributed by atoms with Gasteiger partial charge in [0.05, 0.1) is 12.8 Å². The summed E-state index contributed by atoms with van der Waals surface area (Å²) in [6.45, 7) is 5.51. The lowest BCUT2D eigenvalue weighted by atomic mass is 9.72. The second-order valence-electron chi connectivity index (χ2n) is 7.63. The van der Waals surface area contributed by atoms with Crippen molar-refractivity contribution in [3.8, 4) is 0 Å². The van der Waals surface area contributed by atoms with Gasteiger partial charge in [-0.25, -0.2) is 9.97 Å². The fourth-order valence-electron chi connectivity index (χ4n) is 3.98. The number of nitrogens with two attached hydrogens (primary N) is 1. The Labute approximate surface area is 171 Å². The van der Waals surface area contributed by atoms with Crippen LogP contribution in [0.2, 0.25) is 0 Å². The molecule has 6 nitrogen and oxygen atoms in total. The lowest BCUT2D eigenvalue weighted by Gasteiger charge is -2.41. The Hall–Kier alpha value is -2.07. The van der Waals surface area contributed by atoms with Gasteiger partial charge in [0.2, 0.25) is 0 Å². The van der Waals surface area contributed by atoms with Gasteiger partial charge in [0.15, 0.2) is 11.5 Å². The van der Waals surface area contributed by atoms with Gasteiger partial charge < -0.3 is 15.4 Å². The maximum Gasteiger partial charge on any atom is 0.434 e. The zero-order chi connectivity index (χ0) is 20.6. The molecule has 2 aliphatic rings. The van der Waals surface area contributed by atoms with E-state index in [4.69, 9.17) is 10.5 Å². The van der Waals surface area contributed by atoms with Gasteiger partial charge in [0, 0.05) is 36.2 Å². The molecule has 0 saturated carbocycles. The van der Waals surface area contributed by atoms with Crippen LogP contribution < -0.4 is 10.6 Å². The summed E-state index contributed by atoms with van der Waals surface area (Å²) in [5.74, 6) is 1.31. The third kappa shape index (κ3) is 4.00. The molecule has 4 heterocycles. The van der Waals surface area contributed by atoms with Crippen LogP contribution in [0.15, 0.2) is 34.4 Å². The fraction of sp³-hybridized carbons (Fsp3) is 0.526. The standard InChI is InChI=1S/C19H22F3N5OS/c1-12-10-28-11-18(12)4-7-27(8-5-18)14-9-25-17(16(23)26-14)29-13-3-2-6-24-15(13)19(20,21)22/h2-3,6,9,12H,4-5,7-8,10-11H2,1H3,(H2,23,26). The number of rotatable bonds is 3. The third-order valence-electron chi connectivity index (χ3n) is 5.88. The Bertz CT molecular complexity index is 886. The van der Waals surface area contributed by atoms with Crippen LogP contribution in [0.1, 0.15) is 25.5 Å². The summed E-state index contributed by atoms with van der Waals surface area (Å²) in [5, 5.41) is 0.235. The van der Waals surface area contributed by atoms with E-state index in [-0.39, 0.29) is 21.2 Å². The van der Waals surface area contributed by atoms with E-state index in [1.54, 1.807) is 6.20 Å². The van der Waals surface area contributed by atoms with E-state index in [1.807, 2.05) is 0 Å². The topological polar surface area (TPSA) is 77.2 Å². The van der Waals surface area contributed by atoms with E-state index in [1.165, 1.54) is 12.1 Å². The molecule has 0 amide bonds. The zero-order valence-electron chi connectivity index (χ0n) is 15.9. The number of nitrogen functional groups attached to an aromatic ring is 1. The lowest BCUT2D eigenvalue weighted by Crippen LogP contribution is -2.43. The largest absolute Gasteiger partial charge is 0.434 e. The van der Waals surface area contributed by atoms with Gasteiger partial charge in [0.25, 0.3) is 0 Å². The number of pyridine rings is 1. The first-order valence-electron chi connectivity index (χ1n) is 9.44.